The van der Waals surface area contributed by atoms with E-state index in [1.807, 2.05) is 66.4 Å². The maximum atomic E-state index is 12.9. The average molecular weight is 463 g/mol. The summed E-state index contributed by atoms with van der Waals surface area (Å²) in [6, 6.07) is 17.8. The summed E-state index contributed by atoms with van der Waals surface area (Å²) >= 11 is 0. The molecule has 0 aliphatic carbocycles. The molecule has 1 aliphatic rings. The van der Waals surface area contributed by atoms with Crippen LogP contribution in [0.1, 0.15) is 62.4 Å². The lowest BCUT2D eigenvalue weighted by Gasteiger charge is -2.31. The monoisotopic (exact) mass is 462 g/mol. The van der Waals surface area contributed by atoms with E-state index in [4.69, 9.17) is 9.84 Å². The number of likely N-dealkylation sites (tertiary alicyclic amines) is 1. The maximum Gasteiger partial charge on any atom is 0.346 e. The number of amides is 1. The Morgan fingerprint density at radius 2 is 1.74 bits per heavy atom. The first kappa shape index (κ1) is 23.8. The van der Waals surface area contributed by atoms with Crippen LogP contribution in [0.5, 0.6) is 5.75 Å². The van der Waals surface area contributed by atoms with Gasteiger partial charge in [-0.3, -0.25) is 9.36 Å². The molecule has 0 N–H and O–H groups in total. The molecule has 34 heavy (non-hydrogen) atoms. The van der Waals surface area contributed by atoms with E-state index in [0.717, 1.165) is 24.2 Å². The Hall–Kier alpha value is -3.35. The van der Waals surface area contributed by atoms with Crippen molar-refractivity contribution in [2.24, 2.45) is 0 Å². The highest BCUT2D eigenvalue weighted by molar-refractivity contribution is 5.77. The van der Waals surface area contributed by atoms with Gasteiger partial charge >= 0.3 is 5.69 Å². The highest BCUT2D eigenvalue weighted by Gasteiger charge is 2.28. The van der Waals surface area contributed by atoms with Crippen molar-refractivity contribution < 1.29 is 9.53 Å². The van der Waals surface area contributed by atoms with Crippen molar-refractivity contribution in [1.29, 1.82) is 0 Å². The van der Waals surface area contributed by atoms with Crippen LogP contribution >= 0.6 is 0 Å². The predicted molar refractivity (Wildman–Crippen MR) is 132 cm³/mol. The standard InChI is InChI=1S/C27H34N4O3/c1-4-30-26(28-31(27(30)33)18-21-8-6-5-7-9-21)23-14-16-29(17-15-23)25(32)19-34-24-12-10-22(11-13-24)20(2)3/h5-13,20,23H,4,14-19H2,1-3H3. The van der Waals surface area contributed by atoms with Crippen LogP contribution in [-0.4, -0.2) is 44.9 Å². The molecule has 7 nitrogen and oxygen atoms in total. The van der Waals surface area contributed by atoms with Gasteiger partial charge in [-0.2, -0.15) is 5.10 Å². The van der Waals surface area contributed by atoms with E-state index in [9.17, 15) is 9.59 Å². The van der Waals surface area contributed by atoms with Crippen molar-refractivity contribution in [2.45, 2.75) is 58.5 Å². The van der Waals surface area contributed by atoms with Gasteiger partial charge in [0.25, 0.3) is 5.91 Å². The second-order valence-corrected chi connectivity index (χ2v) is 9.20. The number of hydrogen-bond acceptors (Lipinski definition) is 4. The van der Waals surface area contributed by atoms with Gasteiger partial charge in [0, 0.05) is 25.6 Å². The van der Waals surface area contributed by atoms with Crippen LogP contribution in [0, 0.1) is 0 Å². The van der Waals surface area contributed by atoms with E-state index in [0.29, 0.717) is 37.8 Å². The Kier molecular flexibility index (Phi) is 7.50. The number of nitrogens with zero attached hydrogens (tertiary/aromatic N) is 4. The van der Waals surface area contributed by atoms with Gasteiger partial charge in [0.05, 0.1) is 6.54 Å². The molecule has 7 heteroatoms. The third kappa shape index (κ3) is 5.41. The van der Waals surface area contributed by atoms with Gasteiger partial charge in [-0.1, -0.05) is 56.3 Å². The number of piperidine rings is 1. The van der Waals surface area contributed by atoms with Crippen molar-refractivity contribution in [3.8, 4) is 5.75 Å². The van der Waals surface area contributed by atoms with Crippen LogP contribution in [0.25, 0.3) is 0 Å². The Balaban J connectivity index is 1.34. The van der Waals surface area contributed by atoms with Gasteiger partial charge in [0.15, 0.2) is 6.61 Å². The van der Waals surface area contributed by atoms with Crippen LogP contribution in [0.2, 0.25) is 0 Å². The molecule has 2 heterocycles. The molecule has 0 spiro atoms. The Bertz CT molecular complexity index is 1140. The maximum absolute atomic E-state index is 12.9. The first-order chi connectivity index (χ1) is 16.5. The zero-order valence-corrected chi connectivity index (χ0v) is 20.3. The summed E-state index contributed by atoms with van der Waals surface area (Å²) in [5.74, 6) is 2.17. The second kappa shape index (κ2) is 10.7. The molecule has 1 aromatic heterocycles. The molecular formula is C27H34N4O3. The summed E-state index contributed by atoms with van der Waals surface area (Å²) < 4.78 is 9.06. The molecule has 0 radical (unpaired) electrons. The molecule has 2 aromatic carbocycles. The lowest BCUT2D eigenvalue weighted by molar-refractivity contribution is -0.134. The van der Waals surface area contributed by atoms with Crippen molar-refractivity contribution in [3.63, 3.8) is 0 Å². The smallest absolute Gasteiger partial charge is 0.346 e. The Labute approximate surface area is 201 Å². The van der Waals surface area contributed by atoms with Gasteiger partial charge in [-0.05, 0) is 48.9 Å². The minimum absolute atomic E-state index is 0.00567. The SMILES string of the molecule is CCn1c(C2CCN(C(=O)COc3ccc(C(C)C)cc3)CC2)nn(Cc2ccccc2)c1=O. The van der Waals surface area contributed by atoms with Crippen molar-refractivity contribution in [1.82, 2.24) is 19.2 Å². The number of carbonyl (C=O) groups excluding carboxylic acids is 1. The van der Waals surface area contributed by atoms with Gasteiger partial charge in [-0.25, -0.2) is 9.48 Å². The summed E-state index contributed by atoms with van der Waals surface area (Å²) in [4.78, 5) is 27.5. The van der Waals surface area contributed by atoms with E-state index < -0.39 is 0 Å². The zero-order chi connectivity index (χ0) is 24.1. The van der Waals surface area contributed by atoms with Gasteiger partial charge < -0.3 is 9.64 Å². The number of benzene rings is 2. The Morgan fingerprint density at radius 3 is 2.35 bits per heavy atom. The molecule has 1 saturated heterocycles. The molecule has 1 amide bonds. The molecule has 0 unspecified atom stereocenters. The van der Waals surface area contributed by atoms with E-state index in [1.165, 1.54) is 5.56 Å². The number of ether oxygens (including phenoxy) is 1. The fourth-order valence-corrected chi connectivity index (χ4v) is 4.49. The zero-order valence-electron chi connectivity index (χ0n) is 20.3. The third-order valence-electron chi connectivity index (χ3n) is 6.56. The molecule has 0 saturated carbocycles. The molecule has 0 bridgehead atoms. The largest absolute Gasteiger partial charge is 0.484 e. The topological polar surface area (TPSA) is 69.4 Å². The fraction of sp³-hybridized carbons (Fsp3) is 0.444. The number of rotatable bonds is 8. The number of carbonyl (C=O) groups is 1. The molecular weight excluding hydrogens is 428 g/mol. The quantitative estimate of drug-likeness (QED) is 0.507. The number of hydrogen-bond donors (Lipinski definition) is 0. The highest BCUT2D eigenvalue weighted by Crippen LogP contribution is 2.26. The normalized spacial score (nSPS) is 14.5. The third-order valence-corrected chi connectivity index (χ3v) is 6.56. The fourth-order valence-electron chi connectivity index (χ4n) is 4.49. The van der Waals surface area contributed by atoms with E-state index in [-0.39, 0.29) is 24.1 Å². The summed E-state index contributed by atoms with van der Waals surface area (Å²) in [7, 11) is 0. The lowest BCUT2D eigenvalue weighted by Crippen LogP contribution is -2.41. The van der Waals surface area contributed by atoms with Crippen molar-refractivity contribution in [3.05, 3.63) is 82.0 Å². The molecule has 1 aliphatic heterocycles. The first-order valence-electron chi connectivity index (χ1n) is 12.2. The van der Waals surface area contributed by atoms with Crippen LogP contribution in [-0.2, 0) is 17.9 Å². The van der Waals surface area contributed by atoms with Crippen molar-refractivity contribution >= 4 is 5.91 Å². The van der Waals surface area contributed by atoms with Crippen LogP contribution in [0.15, 0.2) is 59.4 Å². The summed E-state index contributed by atoms with van der Waals surface area (Å²) in [6.07, 6.45) is 1.58. The molecule has 180 valence electrons. The molecule has 4 rings (SSSR count). The number of aromatic nitrogens is 3. The highest BCUT2D eigenvalue weighted by atomic mass is 16.5. The van der Waals surface area contributed by atoms with Gasteiger partial charge in [0.2, 0.25) is 0 Å². The van der Waals surface area contributed by atoms with Crippen LogP contribution in [0.4, 0.5) is 0 Å². The predicted octanol–water partition coefficient (Wildman–Crippen LogP) is 4.02. The first-order valence-corrected chi connectivity index (χ1v) is 12.2. The van der Waals surface area contributed by atoms with E-state index in [1.54, 1.807) is 9.25 Å². The van der Waals surface area contributed by atoms with E-state index >= 15 is 0 Å². The minimum atomic E-state index is -0.0725. The molecule has 3 aromatic rings. The Morgan fingerprint density at radius 1 is 1.06 bits per heavy atom. The van der Waals surface area contributed by atoms with Gasteiger partial charge in [-0.15, -0.1) is 0 Å². The summed E-state index contributed by atoms with van der Waals surface area (Å²) in [5, 5.41) is 4.70. The lowest BCUT2D eigenvalue weighted by atomic mass is 9.96. The van der Waals surface area contributed by atoms with Crippen molar-refractivity contribution in [2.75, 3.05) is 19.7 Å². The van der Waals surface area contributed by atoms with E-state index in [2.05, 4.69) is 13.8 Å². The second-order valence-electron chi connectivity index (χ2n) is 9.20. The van der Waals surface area contributed by atoms with Crippen LogP contribution in [0.3, 0.4) is 0 Å². The summed E-state index contributed by atoms with van der Waals surface area (Å²) in [5.41, 5.74) is 2.23. The molecule has 1 fully saturated rings. The molecule has 0 atom stereocenters. The van der Waals surface area contributed by atoms with Crippen LogP contribution < -0.4 is 10.4 Å². The minimum Gasteiger partial charge on any atom is -0.484 e. The summed E-state index contributed by atoms with van der Waals surface area (Å²) in [6.45, 7) is 8.65. The average Bonchev–Trinajstić information content (AvgIpc) is 3.18. The van der Waals surface area contributed by atoms with Gasteiger partial charge in [0.1, 0.15) is 11.6 Å².